The highest BCUT2D eigenvalue weighted by Crippen LogP contribution is 2.33. The van der Waals surface area contributed by atoms with Gasteiger partial charge < -0.3 is 15.5 Å². The molecule has 3 heterocycles. The molecule has 0 saturated carbocycles. The molecule has 11 heteroatoms. The number of alkyl halides is 3. The number of carbonyl (C=O) groups excluding carboxylic acids is 2. The van der Waals surface area contributed by atoms with E-state index in [1.165, 1.54) is 17.0 Å². The quantitative estimate of drug-likeness (QED) is 0.387. The van der Waals surface area contributed by atoms with Crippen molar-refractivity contribution in [2.24, 2.45) is 0 Å². The molecule has 1 aliphatic rings. The average Bonchev–Trinajstić information content (AvgIpc) is 3.33. The molecule has 3 N–H and O–H groups in total. The molecular weight excluding hydrogens is 461 g/mol. The molecule has 8 nitrogen and oxygen atoms in total. The van der Waals surface area contributed by atoms with Crippen molar-refractivity contribution in [3.63, 3.8) is 0 Å². The van der Waals surface area contributed by atoms with E-state index in [0.717, 1.165) is 28.9 Å². The molecular formula is C24H19F3N6O2. The van der Waals surface area contributed by atoms with Crippen LogP contribution in [0.3, 0.4) is 0 Å². The number of anilines is 3. The van der Waals surface area contributed by atoms with E-state index in [9.17, 15) is 22.8 Å². The van der Waals surface area contributed by atoms with E-state index in [-0.39, 0.29) is 24.7 Å². The molecule has 0 saturated heterocycles. The molecule has 0 fully saturated rings. The van der Waals surface area contributed by atoms with Crippen LogP contribution in [-0.4, -0.2) is 38.4 Å². The number of halogens is 3. The molecule has 178 valence electrons. The Bertz CT molecular complexity index is 1460. The van der Waals surface area contributed by atoms with E-state index >= 15 is 0 Å². The number of carbonyl (C=O) groups is 2. The summed E-state index contributed by atoms with van der Waals surface area (Å²) in [6.45, 7) is 1.77. The van der Waals surface area contributed by atoms with Gasteiger partial charge in [-0.1, -0.05) is 18.2 Å². The third-order valence-electron chi connectivity index (χ3n) is 5.67. The van der Waals surface area contributed by atoms with Gasteiger partial charge in [0.1, 0.15) is 17.6 Å². The summed E-state index contributed by atoms with van der Waals surface area (Å²) in [4.78, 5) is 31.4. The van der Waals surface area contributed by atoms with E-state index in [1.807, 2.05) is 13.0 Å². The van der Waals surface area contributed by atoms with Gasteiger partial charge in [-0.3, -0.25) is 19.7 Å². The molecule has 1 aliphatic heterocycles. The number of hydrogen-bond donors (Lipinski definition) is 3. The van der Waals surface area contributed by atoms with Crippen LogP contribution in [-0.2, 0) is 17.5 Å². The number of aryl methyl sites for hydroxylation is 1. The molecule has 0 bridgehead atoms. The van der Waals surface area contributed by atoms with Crippen LogP contribution in [0.1, 0.15) is 27.2 Å². The highest BCUT2D eigenvalue weighted by Gasteiger charge is 2.32. The second-order valence-corrected chi connectivity index (χ2v) is 8.19. The maximum absolute atomic E-state index is 13.1. The van der Waals surface area contributed by atoms with Gasteiger partial charge in [0.05, 0.1) is 34.4 Å². The Morgan fingerprint density at radius 3 is 2.74 bits per heavy atom. The number of hydrogen-bond acceptors (Lipinski definition) is 5. The van der Waals surface area contributed by atoms with Crippen LogP contribution in [0.15, 0.2) is 54.7 Å². The molecule has 5 rings (SSSR count). The number of fused-ring (bicyclic) bond motifs is 2. The lowest BCUT2D eigenvalue weighted by Crippen LogP contribution is -2.33. The van der Waals surface area contributed by atoms with Crippen LogP contribution in [0.25, 0.3) is 11.0 Å². The first kappa shape index (κ1) is 22.4. The standard InChI is InChI=1S/C24H19F3N6O2/c1-13-22-19(32-31-13)9-17(10-28-22)29-18-7-2-4-14-11-33(23(35)21(14)18)12-20(34)30-16-6-3-5-15(8-16)24(25,26)27/h2-10,29H,11-12H2,1H3,(H,30,34)(H,31,32). The predicted molar refractivity (Wildman–Crippen MR) is 123 cm³/mol. The molecule has 2 aromatic carbocycles. The van der Waals surface area contributed by atoms with Crippen LogP contribution in [0.2, 0.25) is 0 Å². The zero-order valence-corrected chi connectivity index (χ0v) is 18.4. The van der Waals surface area contributed by atoms with E-state index in [0.29, 0.717) is 22.5 Å². The number of aromatic nitrogens is 3. The fourth-order valence-corrected chi connectivity index (χ4v) is 4.05. The number of amides is 2. The van der Waals surface area contributed by atoms with E-state index in [4.69, 9.17) is 0 Å². The van der Waals surface area contributed by atoms with Gasteiger partial charge in [-0.25, -0.2) is 0 Å². The monoisotopic (exact) mass is 480 g/mol. The van der Waals surface area contributed by atoms with Gasteiger partial charge in [-0.2, -0.15) is 18.3 Å². The van der Waals surface area contributed by atoms with E-state index in [1.54, 1.807) is 24.4 Å². The molecule has 4 aromatic rings. The summed E-state index contributed by atoms with van der Waals surface area (Å²) < 4.78 is 38.8. The van der Waals surface area contributed by atoms with Gasteiger partial charge >= 0.3 is 6.18 Å². The molecule has 0 unspecified atom stereocenters. The number of aromatic amines is 1. The fourth-order valence-electron chi connectivity index (χ4n) is 4.05. The summed E-state index contributed by atoms with van der Waals surface area (Å²) >= 11 is 0. The van der Waals surface area contributed by atoms with Gasteiger partial charge in [-0.15, -0.1) is 0 Å². The van der Waals surface area contributed by atoms with Crippen molar-refractivity contribution in [1.29, 1.82) is 0 Å². The second-order valence-electron chi connectivity index (χ2n) is 8.19. The third-order valence-corrected chi connectivity index (χ3v) is 5.67. The topological polar surface area (TPSA) is 103 Å². The third kappa shape index (κ3) is 4.39. The summed E-state index contributed by atoms with van der Waals surface area (Å²) in [7, 11) is 0. The maximum Gasteiger partial charge on any atom is 0.416 e. The molecule has 0 radical (unpaired) electrons. The highest BCUT2D eigenvalue weighted by molar-refractivity contribution is 6.06. The lowest BCUT2D eigenvalue weighted by molar-refractivity contribution is -0.137. The summed E-state index contributed by atoms with van der Waals surface area (Å²) in [5.41, 5.74) is 3.78. The smallest absolute Gasteiger partial charge is 0.354 e. The molecule has 2 amide bonds. The average molecular weight is 480 g/mol. The molecule has 0 atom stereocenters. The summed E-state index contributed by atoms with van der Waals surface area (Å²) in [5.74, 6) is -0.949. The first-order chi connectivity index (χ1) is 16.7. The maximum atomic E-state index is 13.1. The summed E-state index contributed by atoms with van der Waals surface area (Å²) in [6, 6.07) is 11.5. The van der Waals surface area contributed by atoms with Crippen molar-refractivity contribution in [3.05, 3.63) is 77.1 Å². The van der Waals surface area contributed by atoms with Crippen LogP contribution in [0.5, 0.6) is 0 Å². The van der Waals surface area contributed by atoms with Crippen molar-refractivity contribution in [2.45, 2.75) is 19.6 Å². The lowest BCUT2D eigenvalue weighted by atomic mass is 10.1. The van der Waals surface area contributed by atoms with Gasteiger partial charge in [0, 0.05) is 12.2 Å². The van der Waals surface area contributed by atoms with Crippen molar-refractivity contribution < 1.29 is 22.8 Å². The van der Waals surface area contributed by atoms with Gasteiger partial charge in [-0.05, 0) is 42.8 Å². The number of nitrogens with one attached hydrogen (secondary N) is 3. The Labute approximate surface area is 197 Å². The Morgan fingerprint density at radius 1 is 1.14 bits per heavy atom. The normalized spacial score (nSPS) is 13.3. The number of rotatable bonds is 5. The first-order valence-corrected chi connectivity index (χ1v) is 10.6. The highest BCUT2D eigenvalue weighted by atomic mass is 19.4. The zero-order chi connectivity index (χ0) is 24.7. The SMILES string of the molecule is Cc1[nH]nc2cc(Nc3cccc4c3C(=O)N(CC(=O)Nc3cccc(C(F)(F)F)c3)C4)cnc12. The number of benzene rings is 2. The van der Waals surface area contributed by atoms with Crippen LogP contribution in [0.4, 0.5) is 30.2 Å². The van der Waals surface area contributed by atoms with Crippen LogP contribution >= 0.6 is 0 Å². The predicted octanol–water partition coefficient (Wildman–Crippen LogP) is 4.62. The van der Waals surface area contributed by atoms with Crippen molar-refractivity contribution in [3.8, 4) is 0 Å². The van der Waals surface area contributed by atoms with Gasteiger partial charge in [0.2, 0.25) is 5.91 Å². The van der Waals surface area contributed by atoms with E-state index < -0.39 is 17.6 Å². The van der Waals surface area contributed by atoms with Gasteiger partial charge in [0.25, 0.3) is 5.91 Å². The summed E-state index contributed by atoms with van der Waals surface area (Å²) in [6.07, 6.45) is -2.88. The molecule has 0 spiro atoms. The van der Waals surface area contributed by atoms with Crippen molar-refractivity contribution in [2.75, 3.05) is 17.2 Å². The number of H-pyrrole nitrogens is 1. The molecule has 2 aromatic heterocycles. The second kappa shape index (κ2) is 8.42. The van der Waals surface area contributed by atoms with Crippen molar-refractivity contribution >= 4 is 39.9 Å². The van der Waals surface area contributed by atoms with Crippen LogP contribution < -0.4 is 10.6 Å². The molecule has 0 aliphatic carbocycles. The Balaban J connectivity index is 1.30. The first-order valence-electron chi connectivity index (χ1n) is 10.6. The largest absolute Gasteiger partial charge is 0.416 e. The Morgan fingerprint density at radius 2 is 1.94 bits per heavy atom. The Kier molecular flexibility index (Phi) is 5.39. The van der Waals surface area contributed by atoms with E-state index in [2.05, 4.69) is 25.8 Å². The minimum atomic E-state index is -4.52. The number of nitrogens with zero attached hydrogens (tertiary/aromatic N) is 3. The minimum absolute atomic E-state index is 0.00726. The minimum Gasteiger partial charge on any atom is -0.354 e. The van der Waals surface area contributed by atoms with Gasteiger partial charge in [0.15, 0.2) is 0 Å². The van der Waals surface area contributed by atoms with Crippen LogP contribution in [0, 0.1) is 6.92 Å². The number of pyridine rings is 1. The van der Waals surface area contributed by atoms with Crippen molar-refractivity contribution in [1.82, 2.24) is 20.1 Å². The fraction of sp³-hybridized carbons (Fsp3) is 0.167. The lowest BCUT2D eigenvalue weighted by Gasteiger charge is -2.16. The summed E-state index contributed by atoms with van der Waals surface area (Å²) in [5, 5.41) is 12.7. The Hall–Kier alpha value is -4.41. The zero-order valence-electron chi connectivity index (χ0n) is 18.4. The molecule has 35 heavy (non-hydrogen) atoms.